The number of rotatable bonds is 8. The maximum atomic E-state index is 12.4. The molecule has 1 amide bonds. The van der Waals surface area contributed by atoms with Gasteiger partial charge in [-0.25, -0.2) is 4.99 Å². The van der Waals surface area contributed by atoms with Crippen LogP contribution in [-0.2, 0) is 9.53 Å². The van der Waals surface area contributed by atoms with E-state index in [1.807, 2.05) is 43.4 Å². The highest BCUT2D eigenvalue weighted by atomic mass is 16.5. The standard InChI is InChI=1S/C27H34N6O2/c1-20(30-22-9-11-24(12-10-22)33-16-18-35-19-17-33)29-14-13-25(28)21-5-7-23(8-6-21)31-27(34)26-4-3-15-32(26)2/h5-14,26,30H,1,3-4,15-19,28H2,2H3,(H,31,34)/b25-13-,29-14?/t26-/m1/s1. The molecule has 2 aromatic rings. The van der Waals surface area contributed by atoms with Crippen molar-refractivity contribution in [3.05, 3.63) is 72.6 Å². The lowest BCUT2D eigenvalue weighted by Crippen LogP contribution is -2.37. The van der Waals surface area contributed by atoms with Crippen LogP contribution in [0.25, 0.3) is 5.70 Å². The number of carbonyl (C=O) groups excluding carboxylic acids is 1. The summed E-state index contributed by atoms with van der Waals surface area (Å²) in [4.78, 5) is 21.2. The SMILES string of the molecule is C=C(N=C/C=C(\N)c1ccc(NC(=O)[C@H]2CCCN2C)cc1)Nc1ccc(N2CCOCC2)cc1. The molecule has 8 nitrogen and oxygen atoms in total. The molecule has 0 bridgehead atoms. The maximum Gasteiger partial charge on any atom is 0.241 e. The second-order valence-corrected chi connectivity index (χ2v) is 8.82. The van der Waals surface area contributed by atoms with E-state index < -0.39 is 0 Å². The molecule has 0 aromatic heterocycles. The maximum absolute atomic E-state index is 12.4. The Kier molecular flexibility index (Phi) is 8.18. The molecule has 0 saturated carbocycles. The molecule has 2 aliphatic rings. The lowest BCUT2D eigenvalue weighted by Gasteiger charge is -2.28. The van der Waals surface area contributed by atoms with Crippen molar-refractivity contribution in [2.75, 3.05) is 55.4 Å². The fourth-order valence-corrected chi connectivity index (χ4v) is 4.29. The fourth-order valence-electron chi connectivity index (χ4n) is 4.29. The number of hydrogen-bond acceptors (Lipinski definition) is 7. The van der Waals surface area contributed by atoms with E-state index in [1.165, 1.54) is 5.69 Å². The molecule has 2 aliphatic heterocycles. The molecular formula is C27H34N6O2. The summed E-state index contributed by atoms with van der Waals surface area (Å²) in [6.45, 7) is 8.27. The highest BCUT2D eigenvalue weighted by molar-refractivity contribution is 5.95. The summed E-state index contributed by atoms with van der Waals surface area (Å²) < 4.78 is 5.41. The van der Waals surface area contributed by atoms with Gasteiger partial charge in [-0.1, -0.05) is 18.7 Å². The number of ether oxygens (including phenoxy) is 1. The number of nitrogens with two attached hydrogens (primary N) is 1. The van der Waals surface area contributed by atoms with Gasteiger partial charge in [-0.05, 0) is 74.5 Å². The van der Waals surface area contributed by atoms with Crippen molar-refractivity contribution in [2.24, 2.45) is 10.7 Å². The van der Waals surface area contributed by atoms with E-state index in [0.717, 1.165) is 62.6 Å². The zero-order valence-electron chi connectivity index (χ0n) is 20.2. The van der Waals surface area contributed by atoms with E-state index in [2.05, 4.69) is 44.1 Å². The first-order valence-electron chi connectivity index (χ1n) is 12.0. The van der Waals surface area contributed by atoms with Gasteiger partial charge in [-0.3, -0.25) is 9.69 Å². The summed E-state index contributed by atoms with van der Waals surface area (Å²) in [5, 5.41) is 6.18. The third kappa shape index (κ3) is 6.71. The van der Waals surface area contributed by atoms with E-state index in [4.69, 9.17) is 10.5 Å². The molecule has 4 rings (SSSR count). The van der Waals surface area contributed by atoms with E-state index in [9.17, 15) is 4.79 Å². The van der Waals surface area contributed by atoms with Crippen LogP contribution in [0.3, 0.4) is 0 Å². The summed E-state index contributed by atoms with van der Waals surface area (Å²) in [7, 11) is 1.99. The number of nitrogens with zero attached hydrogens (tertiary/aromatic N) is 3. The summed E-state index contributed by atoms with van der Waals surface area (Å²) in [5.74, 6) is 0.554. The lowest BCUT2D eigenvalue weighted by atomic mass is 10.1. The second kappa shape index (κ2) is 11.7. The molecule has 1 atom stereocenters. The summed E-state index contributed by atoms with van der Waals surface area (Å²) in [6, 6.07) is 15.6. The van der Waals surface area contributed by atoms with Gasteiger partial charge in [0.25, 0.3) is 0 Å². The van der Waals surface area contributed by atoms with Crippen LogP contribution in [0.1, 0.15) is 18.4 Å². The summed E-state index contributed by atoms with van der Waals surface area (Å²) >= 11 is 0. The topological polar surface area (TPSA) is 95.2 Å². The van der Waals surface area contributed by atoms with Crippen LogP contribution < -0.4 is 21.3 Å². The highest BCUT2D eigenvalue weighted by Crippen LogP contribution is 2.21. The van der Waals surface area contributed by atoms with Crippen LogP contribution in [0.2, 0.25) is 0 Å². The van der Waals surface area contributed by atoms with Gasteiger partial charge in [0.15, 0.2) is 0 Å². The number of anilines is 3. The van der Waals surface area contributed by atoms with Gasteiger partial charge >= 0.3 is 0 Å². The van der Waals surface area contributed by atoms with E-state index >= 15 is 0 Å². The predicted octanol–water partition coefficient (Wildman–Crippen LogP) is 3.51. The number of allylic oxidation sites excluding steroid dienone is 1. The molecule has 0 aliphatic carbocycles. The average Bonchev–Trinajstić information content (AvgIpc) is 3.31. The van der Waals surface area contributed by atoms with Gasteiger partial charge < -0.3 is 26.0 Å². The molecular weight excluding hydrogens is 440 g/mol. The zero-order chi connectivity index (χ0) is 24.6. The van der Waals surface area contributed by atoms with Crippen molar-refractivity contribution in [1.82, 2.24) is 4.90 Å². The van der Waals surface area contributed by atoms with E-state index in [-0.39, 0.29) is 11.9 Å². The van der Waals surface area contributed by atoms with Crippen LogP contribution in [0.4, 0.5) is 17.1 Å². The number of likely N-dealkylation sites (N-methyl/N-ethyl adjacent to an activating group) is 1. The quantitative estimate of drug-likeness (QED) is 0.507. The molecule has 35 heavy (non-hydrogen) atoms. The predicted molar refractivity (Wildman–Crippen MR) is 144 cm³/mol. The van der Waals surface area contributed by atoms with Crippen molar-refractivity contribution >= 4 is 34.9 Å². The van der Waals surface area contributed by atoms with Gasteiger partial charge in [-0.2, -0.15) is 0 Å². The van der Waals surface area contributed by atoms with E-state index in [0.29, 0.717) is 11.5 Å². The monoisotopic (exact) mass is 474 g/mol. The molecule has 4 N–H and O–H groups in total. The zero-order valence-corrected chi connectivity index (χ0v) is 20.2. The first-order valence-corrected chi connectivity index (χ1v) is 12.0. The smallest absolute Gasteiger partial charge is 0.241 e. The van der Waals surface area contributed by atoms with Crippen molar-refractivity contribution in [3.63, 3.8) is 0 Å². The lowest BCUT2D eigenvalue weighted by molar-refractivity contribution is -0.119. The minimum atomic E-state index is -0.0553. The number of aliphatic imine (C=N–C) groups is 1. The third-order valence-electron chi connectivity index (χ3n) is 6.33. The van der Waals surface area contributed by atoms with Crippen molar-refractivity contribution in [2.45, 2.75) is 18.9 Å². The molecule has 2 aromatic carbocycles. The van der Waals surface area contributed by atoms with Gasteiger partial charge in [0.05, 0.1) is 19.3 Å². The molecule has 0 spiro atoms. The molecule has 2 saturated heterocycles. The van der Waals surface area contributed by atoms with Crippen molar-refractivity contribution < 1.29 is 9.53 Å². The van der Waals surface area contributed by atoms with Crippen LogP contribution in [-0.4, -0.2) is 63.0 Å². The Labute approximate surface area is 207 Å². The molecule has 2 heterocycles. The Morgan fingerprint density at radius 3 is 2.37 bits per heavy atom. The highest BCUT2D eigenvalue weighted by Gasteiger charge is 2.27. The molecule has 2 fully saturated rings. The number of nitrogens with one attached hydrogen (secondary N) is 2. The first kappa shape index (κ1) is 24.5. The molecule has 0 unspecified atom stereocenters. The van der Waals surface area contributed by atoms with Gasteiger partial charge in [-0.15, -0.1) is 0 Å². The molecule has 0 radical (unpaired) electrons. The van der Waals surface area contributed by atoms with Crippen molar-refractivity contribution in [1.29, 1.82) is 0 Å². The van der Waals surface area contributed by atoms with Gasteiger partial charge in [0, 0.05) is 42.1 Å². The minimum Gasteiger partial charge on any atom is -0.398 e. The average molecular weight is 475 g/mol. The number of benzene rings is 2. The largest absolute Gasteiger partial charge is 0.398 e. The summed E-state index contributed by atoms with van der Waals surface area (Å²) in [5.41, 5.74) is 10.5. The number of carbonyl (C=O) groups is 1. The molecule has 184 valence electrons. The van der Waals surface area contributed by atoms with E-state index in [1.54, 1.807) is 12.3 Å². The Hall–Kier alpha value is -3.62. The number of likely N-dealkylation sites (tertiary alicyclic amines) is 1. The van der Waals surface area contributed by atoms with Gasteiger partial charge in [0.2, 0.25) is 5.91 Å². The van der Waals surface area contributed by atoms with Crippen molar-refractivity contribution in [3.8, 4) is 0 Å². The first-order chi connectivity index (χ1) is 17.0. The summed E-state index contributed by atoms with van der Waals surface area (Å²) in [6.07, 6.45) is 5.31. The number of hydrogen-bond donors (Lipinski definition) is 3. The fraction of sp³-hybridized carbons (Fsp3) is 0.333. The van der Waals surface area contributed by atoms with Crippen LogP contribution >= 0.6 is 0 Å². The molecule has 8 heteroatoms. The van der Waals surface area contributed by atoms with Crippen LogP contribution in [0.5, 0.6) is 0 Å². The minimum absolute atomic E-state index is 0.0372. The Morgan fingerprint density at radius 1 is 1.06 bits per heavy atom. The Morgan fingerprint density at radius 2 is 1.71 bits per heavy atom. The Bertz CT molecular complexity index is 1070. The Balaban J connectivity index is 1.27. The van der Waals surface area contributed by atoms with Crippen LogP contribution in [0, 0.1) is 0 Å². The number of amides is 1. The van der Waals surface area contributed by atoms with Crippen LogP contribution in [0.15, 0.2) is 72.0 Å². The van der Waals surface area contributed by atoms with Gasteiger partial charge in [0.1, 0.15) is 5.82 Å². The third-order valence-corrected chi connectivity index (χ3v) is 6.33. The second-order valence-electron chi connectivity index (χ2n) is 8.82. The number of morpholine rings is 1. The normalized spacial score (nSPS) is 19.2.